The van der Waals surface area contributed by atoms with E-state index in [1.807, 2.05) is 10.9 Å². The van der Waals surface area contributed by atoms with Crippen LogP contribution >= 0.6 is 11.6 Å². The van der Waals surface area contributed by atoms with Crippen molar-refractivity contribution in [3.63, 3.8) is 0 Å². The summed E-state index contributed by atoms with van der Waals surface area (Å²) in [4.78, 5) is 13.2. The molecule has 6 nitrogen and oxygen atoms in total. The van der Waals surface area contributed by atoms with Gasteiger partial charge in [0.15, 0.2) is 0 Å². The first-order valence-corrected chi connectivity index (χ1v) is 8.08. The molecule has 1 aliphatic heterocycles. The zero-order chi connectivity index (χ0) is 15.4. The lowest BCUT2D eigenvalue weighted by Gasteiger charge is -2.22. The fraction of sp³-hybridized carbons (Fsp3) is 0.533. The van der Waals surface area contributed by atoms with Gasteiger partial charge in [0.05, 0.1) is 18.6 Å². The first kappa shape index (κ1) is 15.2. The van der Waals surface area contributed by atoms with Gasteiger partial charge in [0.2, 0.25) is 0 Å². The summed E-state index contributed by atoms with van der Waals surface area (Å²) in [6.45, 7) is 7.99. The third-order valence-corrected chi connectivity index (χ3v) is 4.10. The van der Waals surface area contributed by atoms with Crippen molar-refractivity contribution >= 4 is 17.4 Å². The minimum atomic E-state index is 0.450. The Kier molecular flexibility index (Phi) is 4.90. The minimum Gasteiger partial charge on any atom is -0.354 e. The van der Waals surface area contributed by atoms with Gasteiger partial charge >= 0.3 is 0 Å². The van der Waals surface area contributed by atoms with Crippen LogP contribution in [-0.4, -0.2) is 50.8 Å². The van der Waals surface area contributed by atoms with Crippen molar-refractivity contribution in [1.29, 1.82) is 0 Å². The molecule has 0 saturated carbocycles. The van der Waals surface area contributed by atoms with Gasteiger partial charge in [-0.05, 0) is 13.3 Å². The molecule has 1 fully saturated rings. The number of aromatic nitrogens is 4. The molecule has 22 heavy (non-hydrogen) atoms. The van der Waals surface area contributed by atoms with Crippen LogP contribution in [0.1, 0.15) is 18.9 Å². The summed E-state index contributed by atoms with van der Waals surface area (Å²) in [5, 5.41) is 4.79. The average molecular weight is 321 g/mol. The third-order valence-electron chi connectivity index (χ3n) is 3.92. The molecule has 0 bridgehead atoms. The molecule has 2 aromatic heterocycles. The number of rotatable bonds is 4. The number of hydrogen-bond donors (Lipinski definition) is 0. The molecular weight excluding hydrogens is 300 g/mol. The zero-order valence-corrected chi connectivity index (χ0v) is 13.6. The number of nitrogens with zero attached hydrogens (tertiary/aromatic N) is 6. The molecule has 1 saturated heterocycles. The minimum absolute atomic E-state index is 0.450. The van der Waals surface area contributed by atoms with Gasteiger partial charge in [-0.15, -0.1) is 0 Å². The predicted molar refractivity (Wildman–Crippen MR) is 87.1 cm³/mol. The quantitative estimate of drug-likeness (QED) is 0.863. The summed E-state index contributed by atoms with van der Waals surface area (Å²) in [7, 11) is 0. The molecule has 0 radical (unpaired) electrons. The first-order valence-electron chi connectivity index (χ1n) is 7.71. The van der Waals surface area contributed by atoms with Crippen LogP contribution in [0.3, 0.4) is 0 Å². The Morgan fingerprint density at radius 3 is 2.82 bits per heavy atom. The molecule has 2 aromatic rings. The maximum atomic E-state index is 5.94. The highest BCUT2D eigenvalue weighted by atomic mass is 35.5. The van der Waals surface area contributed by atoms with E-state index >= 15 is 0 Å². The number of halogens is 1. The molecule has 3 rings (SSSR count). The molecule has 3 heterocycles. The van der Waals surface area contributed by atoms with E-state index in [9.17, 15) is 0 Å². The fourth-order valence-electron chi connectivity index (χ4n) is 2.76. The molecule has 7 heteroatoms. The predicted octanol–water partition coefficient (Wildman–Crippen LogP) is 2.06. The Morgan fingerprint density at radius 1 is 1.14 bits per heavy atom. The van der Waals surface area contributed by atoms with Gasteiger partial charge in [0.25, 0.3) is 0 Å². The van der Waals surface area contributed by atoms with Crippen molar-refractivity contribution in [3.8, 4) is 0 Å². The van der Waals surface area contributed by atoms with Gasteiger partial charge in [-0.25, -0.2) is 4.98 Å². The monoisotopic (exact) mass is 320 g/mol. The van der Waals surface area contributed by atoms with Gasteiger partial charge < -0.3 is 4.90 Å². The average Bonchev–Trinajstić information content (AvgIpc) is 2.84. The van der Waals surface area contributed by atoms with E-state index in [1.165, 1.54) is 5.56 Å². The van der Waals surface area contributed by atoms with Crippen molar-refractivity contribution in [3.05, 3.63) is 35.5 Å². The van der Waals surface area contributed by atoms with Crippen LogP contribution in [0, 0.1) is 0 Å². The fourth-order valence-corrected chi connectivity index (χ4v) is 2.91. The molecule has 118 valence electrons. The second kappa shape index (κ2) is 7.07. The Morgan fingerprint density at radius 2 is 2.05 bits per heavy atom. The van der Waals surface area contributed by atoms with Gasteiger partial charge in [-0.3, -0.25) is 14.6 Å². The van der Waals surface area contributed by atoms with E-state index in [-0.39, 0.29) is 0 Å². The Bertz CT molecular complexity index is 614. The molecule has 0 atom stereocenters. The van der Waals surface area contributed by atoms with Crippen LogP contribution in [0.25, 0.3) is 0 Å². The molecular formula is C15H21ClN6. The number of hydrogen-bond acceptors (Lipinski definition) is 5. The van der Waals surface area contributed by atoms with Crippen molar-refractivity contribution in [1.82, 2.24) is 24.6 Å². The van der Waals surface area contributed by atoms with E-state index in [0.29, 0.717) is 5.15 Å². The molecule has 0 aromatic carbocycles. The zero-order valence-electron chi connectivity index (χ0n) is 12.8. The number of aryl methyl sites for hydroxylation is 1. The number of anilines is 1. The summed E-state index contributed by atoms with van der Waals surface area (Å²) < 4.78 is 1.97. The largest absolute Gasteiger partial charge is 0.354 e. The lowest BCUT2D eigenvalue weighted by atomic mass is 10.3. The van der Waals surface area contributed by atoms with Crippen LogP contribution in [0.5, 0.6) is 0 Å². The van der Waals surface area contributed by atoms with Crippen molar-refractivity contribution in [2.75, 3.05) is 31.1 Å². The van der Waals surface area contributed by atoms with E-state index in [2.05, 4.69) is 38.0 Å². The van der Waals surface area contributed by atoms with Crippen molar-refractivity contribution < 1.29 is 0 Å². The van der Waals surface area contributed by atoms with Gasteiger partial charge in [0, 0.05) is 51.0 Å². The first-order chi connectivity index (χ1) is 10.7. The second-order valence-electron chi connectivity index (χ2n) is 5.52. The maximum absolute atomic E-state index is 5.94. The normalized spacial score (nSPS) is 16.7. The second-order valence-corrected chi connectivity index (χ2v) is 5.91. The summed E-state index contributed by atoms with van der Waals surface area (Å²) in [5.41, 5.74) is 1.28. The van der Waals surface area contributed by atoms with Gasteiger partial charge in [0.1, 0.15) is 11.0 Å². The standard InChI is InChI=1S/C15H21ClN6/c1-2-22-12-13(8-18-22)11-20-4-3-5-21(7-6-20)15-10-17-9-14(16)19-15/h8-10,12H,2-7,11H2,1H3. The summed E-state index contributed by atoms with van der Waals surface area (Å²) in [6.07, 6.45) is 8.56. The molecule has 1 aliphatic rings. The molecule has 0 spiro atoms. The van der Waals surface area contributed by atoms with E-state index < -0.39 is 0 Å². The van der Waals surface area contributed by atoms with E-state index in [1.54, 1.807) is 12.4 Å². The lowest BCUT2D eigenvalue weighted by Crippen LogP contribution is -2.31. The topological polar surface area (TPSA) is 50.1 Å². The van der Waals surface area contributed by atoms with Crippen LogP contribution in [0.2, 0.25) is 5.15 Å². The van der Waals surface area contributed by atoms with Gasteiger partial charge in [-0.2, -0.15) is 5.10 Å². The van der Waals surface area contributed by atoms with E-state index in [0.717, 1.165) is 51.5 Å². The summed E-state index contributed by atoms with van der Waals surface area (Å²) >= 11 is 5.94. The summed E-state index contributed by atoms with van der Waals surface area (Å²) in [5.74, 6) is 0.869. The highest BCUT2D eigenvalue weighted by Gasteiger charge is 2.17. The third kappa shape index (κ3) is 3.75. The highest BCUT2D eigenvalue weighted by Crippen LogP contribution is 2.16. The Balaban J connectivity index is 1.60. The molecule has 0 aliphatic carbocycles. The van der Waals surface area contributed by atoms with Crippen molar-refractivity contribution in [2.45, 2.75) is 26.4 Å². The lowest BCUT2D eigenvalue weighted by molar-refractivity contribution is 0.285. The van der Waals surface area contributed by atoms with Crippen molar-refractivity contribution in [2.24, 2.45) is 0 Å². The maximum Gasteiger partial charge on any atom is 0.149 e. The highest BCUT2D eigenvalue weighted by molar-refractivity contribution is 6.29. The molecule has 0 N–H and O–H groups in total. The van der Waals surface area contributed by atoms with Crippen LogP contribution in [0.15, 0.2) is 24.8 Å². The SMILES string of the molecule is CCn1cc(CN2CCCN(c3cncc(Cl)n3)CC2)cn1. The smallest absolute Gasteiger partial charge is 0.149 e. The Hall–Kier alpha value is -1.66. The van der Waals surface area contributed by atoms with Crippen LogP contribution in [0.4, 0.5) is 5.82 Å². The van der Waals surface area contributed by atoms with Crippen LogP contribution < -0.4 is 4.90 Å². The van der Waals surface area contributed by atoms with Crippen LogP contribution in [-0.2, 0) is 13.1 Å². The Labute approximate surface area is 135 Å². The molecule has 0 amide bonds. The summed E-state index contributed by atoms with van der Waals surface area (Å²) in [6, 6.07) is 0. The molecule has 0 unspecified atom stereocenters. The van der Waals surface area contributed by atoms with Gasteiger partial charge in [-0.1, -0.05) is 11.6 Å². The van der Waals surface area contributed by atoms with E-state index in [4.69, 9.17) is 11.6 Å².